The maximum Gasteiger partial charge on any atom is 0.246 e. The molecule has 0 aliphatic heterocycles. The van der Waals surface area contributed by atoms with E-state index < -0.39 is 11.8 Å². The molecule has 4 nitrogen and oxygen atoms in total. The largest absolute Gasteiger partial charge is 0.273 e. The minimum absolute atomic E-state index is 0.402. The topological polar surface area (TPSA) is 49.7 Å². The Morgan fingerprint density at radius 1 is 0.917 bits per heavy atom. The molecule has 0 atom stereocenters. The third-order valence-electron chi connectivity index (χ3n) is 3.51. The third-order valence-corrected chi connectivity index (χ3v) is 4.66. The first-order valence-electron chi connectivity index (χ1n) is 7.50. The molecule has 120 valence electrons. The summed E-state index contributed by atoms with van der Waals surface area (Å²) in [6.45, 7) is 2.66. The second kappa shape index (κ2) is 6.76. The molecule has 2 amide bonds. The molecule has 0 aliphatic carbocycles. The summed E-state index contributed by atoms with van der Waals surface area (Å²) in [7, 11) is 0. The molecule has 0 saturated heterocycles. The summed E-state index contributed by atoms with van der Waals surface area (Å²) in [5, 5.41) is 6.73. The Morgan fingerprint density at radius 3 is 2.21 bits per heavy atom. The van der Waals surface area contributed by atoms with Crippen LogP contribution in [0.4, 0.5) is 0 Å². The third kappa shape index (κ3) is 3.26. The average Bonchev–Trinajstić information content (AvgIpc) is 2.59. The van der Waals surface area contributed by atoms with E-state index in [1.54, 1.807) is 11.3 Å². The lowest BCUT2D eigenvalue weighted by Crippen LogP contribution is -2.30. The molecule has 0 bridgehead atoms. The SMILES string of the molecule is CC(=O)N(/N=c1\cc(-c2ccccc2)sc2ccccc12)C(C)=O. The van der Waals surface area contributed by atoms with E-state index in [4.69, 9.17) is 0 Å². The van der Waals surface area contributed by atoms with Crippen LogP contribution in [0.25, 0.3) is 20.5 Å². The summed E-state index contributed by atoms with van der Waals surface area (Å²) >= 11 is 1.65. The number of nitrogens with zero attached hydrogens (tertiary/aromatic N) is 2. The van der Waals surface area contributed by atoms with Crippen LogP contribution < -0.4 is 5.36 Å². The van der Waals surface area contributed by atoms with Gasteiger partial charge in [-0.25, -0.2) is 0 Å². The van der Waals surface area contributed by atoms with Gasteiger partial charge in [-0.3, -0.25) is 9.59 Å². The molecule has 0 fully saturated rings. The average molecular weight is 336 g/mol. The van der Waals surface area contributed by atoms with Gasteiger partial charge in [0.15, 0.2) is 0 Å². The summed E-state index contributed by atoms with van der Waals surface area (Å²) in [5.74, 6) is -0.805. The Labute approximate surface area is 143 Å². The van der Waals surface area contributed by atoms with Crippen LogP contribution >= 0.6 is 11.3 Å². The number of amides is 2. The van der Waals surface area contributed by atoms with E-state index in [0.717, 1.165) is 25.5 Å². The first-order chi connectivity index (χ1) is 11.6. The van der Waals surface area contributed by atoms with Crippen molar-refractivity contribution in [2.24, 2.45) is 5.10 Å². The standard InChI is InChI=1S/C19H16N2O2S/c1-13(22)21(14(2)23)20-17-12-19(15-8-4-3-5-9-15)24-18-11-7-6-10-16(17)18/h3-12H,1-2H3/b20-17+. The fourth-order valence-corrected chi connectivity index (χ4v) is 3.51. The van der Waals surface area contributed by atoms with E-state index in [-0.39, 0.29) is 0 Å². The van der Waals surface area contributed by atoms with E-state index in [1.807, 2.05) is 60.7 Å². The number of rotatable bonds is 2. The van der Waals surface area contributed by atoms with Crippen LogP contribution in [-0.4, -0.2) is 16.8 Å². The minimum atomic E-state index is -0.402. The lowest BCUT2D eigenvalue weighted by Gasteiger charge is -2.11. The normalized spacial score (nSPS) is 11.5. The Hall–Kier alpha value is -2.79. The highest BCUT2D eigenvalue weighted by molar-refractivity contribution is 7.21. The van der Waals surface area contributed by atoms with Gasteiger partial charge in [-0.1, -0.05) is 48.5 Å². The molecule has 0 aliphatic rings. The fraction of sp³-hybridized carbons (Fsp3) is 0.105. The Kier molecular flexibility index (Phi) is 4.53. The summed E-state index contributed by atoms with van der Waals surface area (Å²) in [6.07, 6.45) is 0. The molecule has 24 heavy (non-hydrogen) atoms. The second-order valence-electron chi connectivity index (χ2n) is 5.31. The van der Waals surface area contributed by atoms with Crippen molar-refractivity contribution in [2.75, 3.05) is 0 Å². The van der Waals surface area contributed by atoms with Crippen molar-refractivity contribution in [2.45, 2.75) is 13.8 Å². The number of carbonyl (C=O) groups excluding carboxylic acids is 2. The summed E-state index contributed by atoms with van der Waals surface area (Å²) < 4.78 is 1.05. The zero-order valence-corrected chi connectivity index (χ0v) is 14.2. The predicted molar refractivity (Wildman–Crippen MR) is 96.0 cm³/mol. The highest BCUT2D eigenvalue weighted by atomic mass is 32.1. The highest BCUT2D eigenvalue weighted by Crippen LogP contribution is 2.27. The van der Waals surface area contributed by atoms with E-state index in [1.165, 1.54) is 13.8 Å². The van der Waals surface area contributed by atoms with Gasteiger partial charge in [-0.15, -0.1) is 11.3 Å². The van der Waals surface area contributed by atoms with Gasteiger partial charge >= 0.3 is 0 Å². The van der Waals surface area contributed by atoms with Gasteiger partial charge in [0.25, 0.3) is 0 Å². The molecule has 0 N–H and O–H groups in total. The van der Waals surface area contributed by atoms with Crippen molar-refractivity contribution in [3.05, 3.63) is 66.0 Å². The molecular weight excluding hydrogens is 320 g/mol. The van der Waals surface area contributed by atoms with Gasteiger partial charge < -0.3 is 0 Å². The van der Waals surface area contributed by atoms with Crippen LogP contribution in [0.1, 0.15) is 13.8 Å². The molecule has 3 rings (SSSR count). The predicted octanol–water partition coefficient (Wildman–Crippen LogP) is 3.78. The van der Waals surface area contributed by atoms with Gasteiger partial charge in [0.05, 0.1) is 5.36 Å². The van der Waals surface area contributed by atoms with Crippen molar-refractivity contribution >= 4 is 33.2 Å². The fourth-order valence-electron chi connectivity index (χ4n) is 2.41. The van der Waals surface area contributed by atoms with Crippen LogP contribution in [0.5, 0.6) is 0 Å². The van der Waals surface area contributed by atoms with E-state index >= 15 is 0 Å². The molecule has 0 unspecified atom stereocenters. The molecule has 3 aromatic rings. The molecule has 1 heterocycles. The Balaban J connectivity index is 2.30. The maximum absolute atomic E-state index is 11.7. The van der Waals surface area contributed by atoms with Gasteiger partial charge in [0.2, 0.25) is 11.8 Å². The van der Waals surface area contributed by atoms with Crippen molar-refractivity contribution in [3.63, 3.8) is 0 Å². The van der Waals surface area contributed by atoms with Crippen molar-refractivity contribution in [3.8, 4) is 10.4 Å². The van der Waals surface area contributed by atoms with E-state index in [2.05, 4.69) is 5.10 Å². The molecule has 5 heteroatoms. The molecule has 0 radical (unpaired) electrons. The van der Waals surface area contributed by atoms with E-state index in [0.29, 0.717) is 5.36 Å². The van der Waals surface area contributed by atoms with Crippen LogP contribution in [0.2, 0.25) is 0 Å². The smallest absolute Gasteiger partial charge is 0.246 e. The lowest BCUT2D eigenvalue weighted by atomic mass is 10.1. The van der Waals surface area contributed by atoms with Crippen LogP contribution in [0, 0.1) is 0 Å². The maximum atomic E-state index is 11.7. The summed E-state index contributed by atoms with van der Waals surface area (Å²) in [5.41, 5.74) is 1.07. The van der Waals surface area contributed by atoms with Crippen molar-refractivity contribution in [1.29, 1.82) is 0 Å². The number of benzene rings is 2. The Morgan fingerprint density at radius 2 is 1.54 bits per heavy atom. The van der Waals surface area contributed by atoms with Crippen LogP contribution in [-0.2, 0) is 9.59 Å². The first-order valence-corrected chi connectivity index (χ1v) is 8.32. The van der Waals surface area contributed by atoms with Gasteiger partial charge in [-0.2, -0.15) is 10.1 Å². The summed E-state index contributed by atoms with van der Waals surface area (Å²) in [6, 6.07) is 19.7. The number of carbonyl (C=O) groups is 2. The minimum Gasteiger partial charge on any atom is -0.273 e. The van der Waals surface area contributed by atoms with Crippen molar-refractivity contribution in [1.82, 2.24) is 5.01 Å². The molecule has 2 aromatic carbocycles. The number of imide groups is 1. The van der Waals surface area contributed by atoms with Gasteiger partial charge in [0, 0.05) is 28.8 Å². The highest BCUT2D eigenvalue weighted by Gasteiger charge is 2.13. The Bertz CT molecular complexity index is 963. The zero-order chi connectivity index (χ0) is 17.1. The lowest BCUT2D eigenvalue weighted by molar-refractivity contribution is -0.142. The van der Waals surface area contributed by atoms with E-state index in [9.17, 15) is 9.59 Å². The molecule has 0 saturated carbocycles. The molecule has 1 aromatic heterocycles. The summed E-state index contributed by atoms with van der Waals surface area (Å²) in [4.78, 5) is 24.4. The number of hydrogen-bond acceptors (Lipinski definition) is 4. The quantitative estimate of drug-likeness (QED) is 0.669. The zero-order valence-electron chi connectivity index (χ0n) is 13.4. The van der Waals surface area contributed by atoms with Crippen LogP contribution in [0.3, 0.4) is 0 Å². The van der Waals surface area contributed by atoms with Gasteiger partial charge in [0.1, 0.15) is 0 Å². The molecular formula is C19H16N2O2S. The van der Waals surface area contributed by atoms with Crippen molar-refractivity contribution < 1.29 is 9.59 Å². The van der Waals surface area contributed by atoms with Crippen LogP contribution in [0.15, 0.2) is 65.8 Å². The monoisotopic (exact) mass is 336 g/mol. The van der Waals surface area contributed by atoms with Gasteiger partial charge in [-0.05, 0) is 17.7 Å². The molecule has 0 spiro atoms. The number of hydrogen-bond donors (Lipinski definition) is 0. The number of fused-ring (bicyclic) bond motifs is 1. The first kappa shape index (κ1) is 16.1. The second-order valence-corrected chi connectivity index (χ2v) is 6.39.